The summed E-state index contributed by atoms with van der Waals surface area (Å²) < 4.78 is 10.0. The average molecular weight is 275 g/mol. The molecule has 0 radical (unpaired) electrons. The van der Waals surface area contributed by atoms with Crippen molar-refractivity contribution in [2.24, 2.45) is 0 Å². The third-order valence-corrected chi connectivity index (χ3v) is 2.78. The second kappa shape index (κ2) is 5.14. The van der Waals surface area contributed by atoms with E-state index in [9.17, 15) is 9.90 Å². The van der Waals surface area contributed by atoms with E-state index in [2.05, 4.69) is 20.7 Å². The van der Waals surface area contributed by atoms with Crippen LogP contribution in [0.15, 0.2) is 22.7 Å². The van der Waals surface area contributed by atoms with E-state index in [1.165, 1.54) is 14.2 Å². The van der Waals surface area contributed by atoms with Gasteiger partial charge < -0.3 is 14.6 Å². The molecule has 5 heteroatoms. The van der Waals surface area contributed by atoms with Crippen LogP contribution in [-0.4, -0.2) is 25.3 Å². The Bertz CT molecular complexity index is 364. The molecule has 0 amide bonds. The van der Waals surface area contributed by atoms with Gasteiger partial charge in [0, 0.05) is 5.56 Å². The molecule has 4 nitrogen and oxygen atoms in total. The third-order valence-electron chi connectivity index (χ3n) is 1.93. The minimum absolute atomic E-state index is 0.418. The zero-order valence-electron chi connectivity index (χ0n) is 8.36. The first kappa shape index (κ1) is 12.0. The minimum Gasteiger partial charge on any atom is -0.496 e. The number of methoxy groups -OCH3 is 2. The number of benzene rings is 1. The molecule has 1 rings (SSSR count). The van der Waals surface area contributed by atoms with E-state index in [1.54, 1.807) is 18.2 Å². The largest absolute Gasteiger partial charge is 0.496 e. The first-order chi connectivity index (χ1) is 7.11. The Labute approximate surface area is 95.9 Å². The van der Waals surface area contributed by atoms with E-state index >= 15 is 0 Å². The third kappa shape index (κ3) is 2.49. The van der Waals surface area contributed by atoms with Crippen molar-refractivity contribution in [3.8, 4) is 5.75 Å². The SMILES string of the molecule is COC(=O)C(O)c1cccc(OC)c1Br. The molecule has 1 aromatic rings. The van der Waals surface area contributed by atoms with Crippen LogP contribution in [0.5, 0.6) is 5.75 Å². The lowest BCUT2D eigenvalue weighted by Crippen LogP contribution is -2.14. The Morgan fingerprint density at radius 1 is 1.47 bits per heavy atom. The molecule has 0 aromatic heterocycles. The van der Waals surface area contributed by atoms with Crippen LogP contribution in [0.3, 0.4) is 0 Å². The lowest BCUT2D eigenvalue weighted by atomic mass is 10.1. The molecule has 1 N–H and O–H groups in total. The van der Waals surface area contributed by atoms with E-state index in [4.69, 9.17) is 4.74 Å². The van der Waals surface area contributed by atoms with Crippen molar-refractivity contribution in [1.29, 1.82) is 0 Å². The highest BCUT2D eigenvalue weighted by Gasteiger charge is 2.21. The van der Waals surface area contributed by atoms with Gasteiger partial charge >= 0.3 is 5.97 Å². The quantitative estimate of drug-likeness (QED) is 0.852. The normalized spacial score (nSPS) is 12.0. The van der Waals surface area contributed by atoms with E-state index in [0.717, 1.165) is 0 Å². The van der Waals surface area contributed by atoms with Gasteiger partial charge in [-0.05, 0) is 22.0 Å². The van der Waals surface area contributed by atoms with Gasteiger partial charge in [0.15, 0.2) is 6.10 Å². The number of esters is 1. The van der Waals surface area contributed by atoms with Gasteiger partial charge in [-0.15, -0.1) is 0 Å². The molecule has 15 heavy (non-hydrogen) atoms. The molecule has 0 aliphatic carbocycles. The van der Waals surface area contributed by atoms with Gasteiger partial charge in [-0.3, -0.25) is 0 Å². The van der Waals surface area contributed by atoms with Crippen molar-refractivity contribution in [3.63, 3.8) is 0 Å². The minimum atomic E-state index is -1.31. The van der Waals surface area contributed by atoms with Crippen LogP contribution in [-0.2, 0) is 9.53 Å². The zero-order chi connectivity index (χ0) is 11.4. The number of aliphatic hydroxyl groups excluding tert-OH is 1. The van der Waals surface area contributed by atoms with Crippen LogP contribution in [0, 0.1) is 0 Å². The number of carbonyl (C=O) groups is 1. The summed E-state index contributed by atoms with van der Waals surface area (Å²) in [6, 6.07) is 5.02. The molecule has 0 fully saturated rings. The average Bonchev–Trinajstić information content (AvgIpc) is 2.27. The van der Waals surface area contributed by atoms with E-state index < -0.39 is 12.1 Å². The van der Waals surface area contributed by atoms with Gasteiger partial charge in [-0.1, -0.05) is 12.1 Å². The van der Waals surface area contributed by atoms with Gasteiger partial charge in [-0.2, -0.15) is 0 Å². The molecule has 0 saturated heterocycles. The smallest absolute Gasteiger partial charge is 0.339 e. The molecule has 0 bridgehead atoms. The van der Waals surface area contributed by atoms with Crippen LogP contribution in [0.2, 0.25) is 0 Å². The Balaban J connectivity index is 3.09. The van der Waals surface area contributed by atoms with Gasteiger partial charge in [0.25, 0.3) is 0 Å². The molecule has 0 aliphatic rings. The maximum Gasteiger partial charge on any atom is 0.339 e. The Morgan fingerprint density at radius 2 is 2.13 bits per heavy atom. The van der Waals surface area contributed by atoms with Gasteiger partial charge in [0.05, 0.1) is 18.7 Å². The maximum atomic E-state index is 11.1. The second-order valence-electron chi connectivity index (χ2n) is 2.79. The molecule has 1 unspecified atom stereocenters. The molecule has 1 aromatic carbocycles. The van der Waals surface area contributed by atoms with Crippen molar-refractivity contribution in [3.05, 3.63) is 28.2 Å². The fourth-order valence-corrected chi connectivity index (χ4v) is 1.78. The molecular weight excluding hydrogens is 264 g/mol. The fraction of sp³-hybridized carbons (Fsp3) is 0.300. The lowest BCUT2D eigenvalue weighted by molar-refractivity contribution is -0.150. The van der Waals surface area contributed by atoms with Crippen molar-refractivity contribution < 1.29 is 19.4 Å². The Kier molecular flexibility index (Phi) is 4.11. The summed E-state index contributed by atoms with van der Waals surface area (Å²) in [5.41, 5.74) is 0.418. The molecule has 1 atom stereocenters. The van der Waals surface area contributed by atoms with Crippen molar-refractivity contribution in [2.75, 3.05) is 14.2 Å². The number of hydrogen-bond donors (Lipinski definition) is 1. The summed E-state index contributed by atoms with van der Waals surface area (Å²) >= 11 is 3.25. The van der Waals surface area contributed by atoms with Gasteiger partial charge in [0.2, 0.25) is 0 Å². The van der Waals surface area contributed by atoms with Gasteiger partial charge in [-0.25, -0.2) is 4.79 Å². The highest BCUT2D eigenvalue weighted by molar-refractivity contribution is 9.10. The number of carbonyl (C=O) groups excluding carboxylic acids is 1. The number of halogens is 1. The molecular formula is C10H11BrO4. The summed E-state index contributed by atoms with van der Waals surface area (Å²) in [5, 5.41) is 9.63. The molecule has 0 heterocycles. The summed E-state index contributed by atoms with van der Waals surface area (Å²) in [6.45, 7) is 0. The Hall–Kier alpha value is -1.07. The fourth-order valence-electron chi connectivity index (χ4n) is 1.14. The van der Waals surface area contributed by atoms with E-state index in [1.807, 2.05) is 0 Å². The number of rotatable bonds is 3. The van der Waals surface area contributed by atoms with E-state index in [-0.39, 0.29) is 0 Å². The van der Waals surface area contributed by atoms with Crippen LogP contribution in [0.25, 0.3) is 0 Å². The molecule has 0 aliphatic heterocycles. The van der Waals surface area contributed by atoms with Crippen molar-refractivity contribution >= 4 is 21.9 Å². The summed E-state index contributed by atoms with van der Waals surface area (Å²) in [6.07, 6.45) is -1.31. The number of ether oxygens (including phenoxy) is 2. The first-order valence-electron chi connectivity index (χ1n) is 4.20. The summed E-state index contributed by atoms with van der Waals surface area (Å²) in [4.78, 5) is 11.1. The van der Waals surface area contributed by atoms with E-state index in [0.29, 0.717) is 15.8 Å². The highest BCUT2D eigenvalue weighted by Crippen LogP contribution is 2.32. The van der Waals surface area contributed by atoms with Crippen LogP contribution >= 0.6 is 15.9 Å². The topological polar surface area (TPSA) is 55.8 Å². The van der Waals surface area contributed by atoms with Gasteiger partial charge in [0.1, 0.15) is 5.75 Å². The lowest BCUT2D eigenvalue weighted by Gasteiger charge is -2.12. The summed E-state index contributed by atoms with van der Waals surface area (Å²) in [7, 11) is 2.73. The van der Waals surface area contributed by atoms with Crippen LogP contribution in [0.1, 0.15) is 11.7 Å². The first-order valence-corrected chi connectivity index (χ1v) is 4.99. The standard InChI is InChI=1S/C10H11BrO4/c1-14-7-5-3-4-6(8(7)11)9(12)10(13)15-2/h3-5,9,12H,1-2H3. The number of aliphatic hydroxyl groups is 1. The van der Waals surface area contributed by atoms with Crippen molar-refractivity contribution in [2.45, 2.75) is 6.10 Å². The molecule has 82 valence electrons. The zero-order valence-corrected chi connectivity index (χ0v) is 9.95. The monoisotopic (exact) mass is 274 g/mol. The predicted molar refractivity (Wildman–Crippen MR) is 57.7 cm³/mol. The van der Waals surface area contributed by atoms with Crippen LogP contribution in [0.4, 0.5) is 0 Å². The number of hydrogen-bond acceptors (Lipinski definition) is 4. The molecule has 0 saturated carbocycles. The summed E-state index contributed by atoms with van der Waals surface area (Å²) in [5.74, 6) is -0.153. The Morgan fingerprint density at radius 3 is 2.67 bits per heavy atom. The van der Waals surface area contributed by atoms with Crippen LogP contribution < -0.4 is 4.74 Å². The molecule has 0 spiro atoms. The highest BCUT2D eigenvalue weighted by atomic mass is 79.9. The van der Waals surface area contributed by atoms with Crippen molar-refractivity contribution in [1.82, 2.24) is 0 Å². The second-order valence-corrected chi connectivity index (χ2v) is 3.58. The maximum absolute atomic E-state index is 11.1. The predicted octanol–water partition coefficient (Wildman–Crippen LogP) is 1.66.